The van der Waals surface area contributed by atoms with Gasteiger partial charge in [0.05, 0.1) is 19.8 Å². The van der Waals surface area contributed by atoms with Crippen molar-refractivity contribution in [2.45, 2.75) is 44.9 Å². The summed E-state index contributed by atoms with van der Waals surface area (Å²) >= 11 is 0. The third-order valence-corrected chi connectivity index (χ3v) is 8.38. The van der Waals surface area contributed by atoms with E-state index in [1.807, 2.05) is 41.3 Å². The van der Waals surface area contributed by atoms with Crippen molar-refractivity contribution in [2.75, 3.05) is 38.8 Å². The van der Waals surface area contributed by atoms with Crippen LogP contribution < -0.4 is 14.4 Å². The van der Waals surface area contributed by atoms with Crippen LogP contribution in [0.15, 0.2) is 48.7 Å². The van der Waals surface area contributed by atoms with Crippen molar-refractivity contribution >= 4 is 23.2 Å². The van der Waals surface area contributed by atoms with Gasteiger partial charge in [0, 0.05) is 49.1 Å². The molecule has 0 N–H and O–H groups in total. The number of aromatic nitrogens is 1. The highest BCUT2D eigenvalue weighted by atomic mass is 16.5. The van der Waals surface area contributed by atoms with E-state index >= 15 is 0 Å². The number of nitrogens with zero attached hydrogens (tertiary/aromatic N) is 3. The summed E-state index contributed by atoms with van der Waals surface area (Å²) in [7, 11) is 3.28. The lowest BCUT2D eigenvalue weighted by Gasteiger charge is -2.31. The molecule has 1 aromatic heterocycles. The van der Waals surface area contributed by atoms with E-state index in [2.05, 4.69) is 11.0 Å². The number of aryl methyl sites for hydroxylation is 1. The van der Waals surface area contributed by atoms with Gasteiger partial charge in [0.2, 0.25) is 0 Å². The number of hydrogen-bond donors (Lipinski definition) is 0. The first kappa shape index (κ1) is 25.4. The summed E-state index contributed by atoms with van der Waals surface area (Å²) in [5.74, 6) is 2.56. The minimum absolute atomic E-state index is 0.0951. The standard InChI is InChI=1S/C32H35N3O4/c1-38-27-10-8-21(29(19-27)39-2)15-24-17-23-18-26(9-11-28(23)30(24)36)35-14-6-7-22-16-25(20-33-31(22)35)32(37)34-12-4-3-5-13-34/h8-11,16,18-20,24H,3-7,12-15,17H2,1-2H3. The lowest BCUT2D eigenvalue weighted by molar-refractivity contribution is 0.0723. The van der Waals surface area contributed by atoms with Gasteiger partial charge in [0.25, 0.3) is 5.91 Å². The molecule has 7 nitrogen and oxygen atoms in total. The van der Waals surface area contributed by atoms with Crippen LogP contribution in [0, 0.1) is 5.92 Å². The first-order chi connectivity index (χ1) is 19.1. The van der Waals surface area contributed by atoms with Crippen LogP contribution in [0.4, 0.5) is 11.5 Å². The van der Waals surface area contributed by atoms with Gasteiger partial charge in [-0.3, -0.25) is 9.59 Å². The van der Waals surface area contributed by atoms with Crippen LogP contribution in [-0.4, -0.2) is 55.4 Å². The molecule has 3 heterocycles. The van der Waals surface area contributed by atoms with Crippen molar-refractivity contribution in [3.8, 4) is 11.5 Å². The molecule has 2 aliphatic heterocycles. The summed E-state index contributed by atoms with van der Waals surface area (Å²) in [6.45, 7) is 2.53. The zero-order valence-corrected chi connectivity index (χ0v) is 22.7. The number of hydrogen-bond acceptors (Lipinski definition) is 6. The molecule has 1 amide bonds. The molecular formula is C32H35N3O4. The maximum atomic E-state index is 13.3. The molecule has 2 aromatic carbocycles. The van der Waals surface area contributed by atoms with Crippen LogP contribution in [0.25, 0.3) is 0 Å². The molecule has 39 heavy (non-hydrogen) atoms. The van der Waals surface area contributed by atoms with Crippen molar-refractivity contribution in [1.82, 2.24) is 9.88 Å². The second-order valence-corrected chi connectivity index (χ2v) is 10.8. The van der Waals surface area contributed by atoms with E-state index in [-0.39, 0.29) is 17.6 Å². The van der Waals surface area contributed by atoms with Gasteiger partial charge in [0.1, 0.15) is 17.3 Å². The minimum atomic E-state index is -0.118. The molecule has 6 rings (SSSR count). The lowest BCUT2D eigenvalue weighted by Crippen LogP contribution is -2.36. The maximum Gasteiger partial charge on any atom is 0.255 e. The van der Waals surface area contributed by atoms with Crippen molar-refractivity contribution in [1.29, 1.82) is 0 Å². The van der Waals surface area contributed by atoms with E-state index in [0.29, 0.717) is 18.4 Å². The topological polar surface area (TPSA) is 72.0 Å². The minimum Gasteiger partial charge on any atom is -0.497 e. The number of amides is 1. The van der Waals surface area contributed by atoms with Gasteiger partial charge in [-0.15, -0.1) is 0 Å². The summed E-state index contributed by atoms with van der Waals surface area (Å²) in [5.41, 5.74) is 5.75. The molecule has 0 bridgehead atoms. The number of Topliss-reactive ketones (excluding diaryl/α,β-unsaturated/α-hetero) is 1. The number of carbonyl (C=O) groups excluding carboxylic acids is 2. The van der Waals surface area contributed by atoms with Crippen LogP contribution in [0.5, 0.6) is 11.5 Å². The number of ketones is 1. The average Bonchev–Trinajstić information content (AvgIpc) is 3.30. The number of rotatable bonds is 6. The SMILES string of the molecule is COc1ccc(CC2Cc3cc(N4CCCc5cc(C(=O)N6CCCCC6)cnc54)ccc3C2=O)c(OC)c1. The summed E-state index contributed by atoms with van der Waals surface area (Å²) < 4.78 is 10.9. The van der Waals surface area contributed by atoms with Gasteiger partial charge >= 0.3 is 0 Å². The highest BCUT2D eigenvalue weighted by Gasteiger charge is 2.32. The summed E-state index contributed by atoms with van der Waals surface area (Å²) in [6.07, 6.45) is 8.32. The summed E-state index contributed by atoms with van der Waals surface area (Å²) in [6, 6.07) is 14.0. The van der Waals surface area contributed by atoms with Crippen LogP contribution >= 0.6 is 0 Å². The second kappa shape index (κ2) is 10.7. The molecule has 202 valence electrons. The average molecular weight is 526 g/mol. The monoisotopic (exact) mass is 525 g/mol. The number of ether oxygens (including phenoxy) is 2. The molecule has 0 spiro atoms. The summed E-state index contributed by atoms with van der Waals surface area (Å²) in [5, 5.41) is 0. The Hall–Kier alpha value is -3.87. The predicted molar refractivity (Wildman–Crippen MR) is 151 cm³/mol. The molecule has 1 atom stereocenters. The maximum absolute atomic E-state index is 13.3. The molecular weight excluding hydrogens is 490 g/mol. The van der Waals surface area contributed by atoms with E-state index in [1.54, 1.807) is 20.4 Å². The second-order valence-electron chi connectivity index (χ2n) is 10.8. The highest BCUT2D eigenvalue weighted by molar-refractivity contribution is 6.03. The molecule has 1 aliphatic carbocycles. The molecule has 3 aromatic rings. The Labute approximate surface area is 229 Å². The number of piperidine rings is 1. The number of benzene rings is 2. The molecule has 3 aliphatic rings. The normalized spacial score (nSPS) is 18.5. The molecule has 1 unspecified atom stereocenters. The predicted octanol–water partition coefficient (Wildman–Crippen LogP) is 5.41. The highest BCUT2D eigenvalue weighted by Crippen LogP contribution is 2.38. The third-order valence-electron chi connectivity index (χ3n) is 8.38. The third kappa shape index (κ3) is 4.86. The molecule has 1 fully saturated rings. The van der Waals surface area contributed by atoms with Gasteiger partial charge in [-0.1, -0.05) is 6.07 Å². The van der Waals surface area contributed by atoms with Crippen LogP contribution in [-0.2, 0) is 19.3 Å². The zero-order chi connectivity index (χ0) is 26.9. The Balaban J connectivity index is 1.22. The fourth-order valence-electron chi connectivity index (χ4n) is 6.30. The Bertz CT molecular complexity index is 1410. The molecule has 0 radical (unpaired) electrons. The Morgan fingerprint density at radius 3 is 2.59 bits per heavy atom. The van der Waals surface area contributed by atoms with E-state index in [0.717, 1.165) is 90.6 Å². The number of methoxy groups -OCH3 is 2. The number of anilines is 2. The van der Waals surface area contributed by atoms with Crippen molar-refractivity contribution in [3.63, 3.8) is 0 Å². The van der Waals surface area contributed by atoms with Crippen molar-refractivity contribution < 1.29 is 19.1 Å². The summed E-state index contributed by atoms with van der Waals surface area (Å²) in [4.78, 5) is 35.4. The molecule has 1 saturated heterocycles. The Kier molecular flexibility index (Phi) is 6.98. The van der Waals surface area contributed by atoms with Crippen molar-refractivity contribution in [3.05, 3.63) is 76.5 Å². The first-order valence-corrected chi connectivity index (χ1v) is 14.0. The van der Waals surface area contributed by atoms with Crippen molar-refractivity contribution in [2.24, 2.45) is 5.92 Å². The van der Waals surface area contributed by atoms with Gasteiger partial charge in [0.15, 0.2) is 5.78 Å². The number of pyridine rings is 1. The zero-order valence-electron chi connectivity index (χ0n) is 22.7. The van der Waals surface area contributed by atoms with Crippen LogP contribution in [0.2, 0.25) is 0 Å². The molecule has 0 saturated carbocycles. The quantitative estimate of drug-likeness (QED) is 0.429. The van der Waals surface area contributed by atoms with Gasteiger partial charge < -0.3 is 19.3 Å². The molecule has 7 heteroatoms. The number of carbonyl (C=O) groups is 2. The van der Waals surface area contributed by atoms with E-state index < -0.39 is 0 Å². The van der Waals surface area contributed by atoms with Crippen LogP contribution in [0.1, 0.15) is 63.1 Å². The Morgan fingerprint density at radius 2 is 1.79 bits per heavy atom. The van der Waals surface area contributed by atoms with E-state index in [4.69, 9.17) is 14.5 Å². The smallest absolute Gasteiger partial charge is 0.255 e. The fraction of sp³-hybridized carbons (Fsp3) is 0.406. The fourth-order valence-corrected chi connectivity index (χ4v) is 6.30. The Morgan fingerprint density at radius 1 is 0.949 bits per heavy atom. The largest absolute Gasteiger partial charge is 0.497 e. The van der Waals surface area contributed by atoms with E-state index in [9.17, 15) is 9.59 Å². The number of fused-ring (bicyclic) bond motifs is 2. The van der Waals surface area contributed by atoms with Gasteiger partial charge in [-0.2, -0.15) is 0 Å². The van der Waals surface area contributed by atoms with E-state index in [1.165, 1.54) is 6.42 Å². The van der Waals surface area contributed by atoms with Crippen LogP contribution in [0.3, 0.4) is 0 Å². The lowest BCUT2D eigenvalue weighted by atomic mass is 9.95. The van der Waals surface area contributed by atoms with Gasteiger partial charge in [-0.25, -0.2) is 4.98 Å². The van der Waals surface area contributed by atoms with Gasteiger partial charge in [-0.05, 0) is 92.0 Å². The number of likely N-dealkylation sites (tertiary alicyclic amines) is 1. The first-order valence-electron chi connectivity index (χ1n) is 14.0.